The van der Waals surface area contributed by atoms with E-state index in [9.17, 15) is 9.90 Å². The second-order valence-corrected chi connectivity index (χ2v) is 4.81. The van der Waals surface area contributed by atoms with Crippen LogP contribution < -0.4 is 0 Å². The molecule has 0 aliphatic heterocycles. The molecule has 3 heteroatoms. The SMILES string of the molecule is O=C(O)C1=CCC2=C(C1)C1C[C@@H]2C[C@@H]1O. The second-order valence-electron chi connectivity index (χ2n) is 4.81. The first kappa shape index (κ1) is 9.16. The van der Waals surface area contributed by atoms with Gasteiger partial charge in [-0.15, -0.1) is 0 Å². The van der Waals surface area contributed by atoms with Crippen LogP contribution in [0.15, 0.2) is 22.8 Å². The van der Waals surface area contributed by atoms with Crippen LogP contribution in [-0.2, 0) is 4.79 Å². The third-order valence-electron chi connectivity index (χ3n) is 4.11. The Morgan fingerprint density at radius 2 is 2.13 bits per heavy atom. The van der Waals surface area contributed by atoms with E-state index in [4.69, 9.17) is 5.11 Å². The number of carbonyl (C=O) groups is 1. The van der Waals surface area contributed by atoms with Crippen LogP contribution in [0.2, 0.25) is 0 Å². The molecule has 0 amide bonds. The lowest BCUT2D eigenvalue weighted by molar-refractivity contribution is -0.132. The van der Waals surface area contributed by atoms with Crippen LogP contribution in [0.3, 0.4) is 0 Å². The average Bonchev–Trinajstić information content (AvgIpc) is 2.74. The summed E-state index contributed by atoms with van der Waals surface area (Å²) in [5.41, 5.74) is 3.17. The number of carboxylic acid groups (broad SMARTS) is 1. The number of hydrogen-bond acceptors (Lipinski definition) is 2. The van der Waals surface area contributed by atoms with E-state index in [0.29, 0.717) is 17.9 Å². The smallest absolute Gasteiger partial charge is 0.331 e. The van der Waals surface area contributed by atoms with E-state index < -0.39 is 5.97 Å². The van der Waals surface area contributed by atoms with Gasteiger partial charge in [0.05, 0.1) is 6.10 Å². The first-order valence-corrected chi connectivity index (χ1v) is 5.49. The molecule has 0 spiro atoms. The summed E-state index contributed by atoms with van der Waals surface area (Å²) in [5, 5.41) is 18.7. The predicted molar refractivity (Wildman–Crippen MR) is 54.2 cm³/mol. The Morgan fingerprint density at radius 3 is 2.87 bits per heavy atom. The summed E-state index contributed by atoms with van der Waals surface area (Å²) in [4.78, 5) is 10.9. The van der Waals surface area contributed by atoms with Crippen molar-refractivity contribution < 1.29 is 15.0 Å². The zero-order chi connectivity index (χ0) is 10.6. The van der Waals surface area contributed by atoms with Crippen molar-refractivity contribution in [1.82, 2.24) is 0 Å². The van der Waals surface area contributed by atoms with E-state index in [2.05, 4.69) is 0 Å². The van der Waals surface area contributed by atoms with Gasteiger partial charge in [-0.1, -0.05) is 17.2 Å². The van der Waals surface area contributed by atoms with Gasteiger partial charge < -0.3 is 10.2 Å². The molecule has 15 heavy (non-hydrogen) atoms. The van der Waals surface area contributed by atoms with Crippen LogP contribution in [0, 0.1) is 11.8 Å². The average molecular weight is 206 g/mol. The largest absolute Gasteiger partial charge is 0.478 e. The summed E-state index contributed by atoms with van der Waals surface area (Å²) >= 11 is 0. The van der Waals surface area contributed by atoms with E-state index in [1.807, 2.05) is 6.08 Å². The Labute approximate surface area is 88.1 Å². The van der Waals surface area contributed by atoms with Crippen LogP contribution in [0.5, 0.6) is 0 Å². The maximum absolute atomic E-state index is 10.9. The van der Waals surface area contributed by atoms with Crippen LogP contribution >= 0.6 is 0 Å². The number of rotatable bonds is 1. The molecule has 1 saturated carbocycles. The highest BCUT2D eigenvalue weighted by Crippen LogP contribution is 2.53. The van der Waals surface area contributed by atoms with Gasteiger partial charge in [0.25, 0.3) is 0 Å². The molecule has 0 radical (unpaired) electrons. The zero-order valence-electron chi connectivity index (χ0n) is 8.44. The number of carboxylic acids is 1. The van der Waals surface area contributed by atoms with Crippen LogP contribution in [-0.4, -0.2) is 22.3 Å². The van der Waals surface area contributed by atoms with Crippen molar-refractivity contribution in [3.63, 3.8) is 0 Å². The monoisotopic (exact) mass is 206 g/mol. The summed E-state index contributed by atoms with van der Waals surface area (Å²) in [5.74, 6) is -0.0153. The Hall–Kier alpha value is -1.09. The lowest BCUT2D eigenvalue weighted by atomic mass is 9.81. The Balaban J connectivity index is 1.89. The lowest BCUT2D eigenvalue weighted by Crippen LogP contribution is -2.22. The second kappa shape index (κ2) is 2.95. The number of aliphatic carboxylic acids is 1. The van der Waals surface area contributed by atoms with Gasteiger partial charge in [-0.25, -0.2) is 4.79 Å². The summed E-state index contributed by atoms with van der Waals surface area (Å²) in [7, 11) is 0. The first-order chi connectivity index (χ1) is 7.16. The molecule has 80 valence electrons. The van der Waals surface area contributed by atoms with Crippen LogP contribution in [0.1, 0.15) is 25.7 Å². The zero-order valence-corrected chi connectivity index (χ0v) is 8.44. The molecule has 1 fully saturated rings. The molecular weight excluding hydrogens is 192 g/mol. The number of aliphatic hydroxyl groups is 1. The van der Waals surface area contributed by atoms with E-state index in [-0.39, 0.29) is 12.0 Å². The van der Waals surface area contributed by atoms with Crippen LogP contribution in [0.25, 0.3) is 0 Å². The first-order valence-electron chi connectivity index (χ1n) is 5.49. The van der Waals surface area contributed by atoms with Gasteiger partial charge >= 0.3 is 5.97 Å². The van der Waals surface area contributed by atoms with Crippen LogP contribution in [0.4, 0.5) is 0 Å². The van der Waals surface area contributed by atoms with Gasteiger partial charge in [0.1, 0.15) is 0 Å². The highest BCUT2D eigenvalue weighted by molar-refractivity contribution is 5.87. The third kappa shape index (κ3) is 1.19. The van der Waals surface area contributed by atoms with Gasteiger partial charge in [0, 0.05) is 17.9 Å². The highest BCUT2D eigenvalue weighted by atomic mass is 16.4. The van der Waals surface area contributed by atoms with Gasteiger partial charge in [-0.05, 0) is 25.2 Å². The molecule has 3 aliphatic rings. The summed E-state index contributed by atoms with van der Waals surface area (Å²) in [6, 6.07) is 0. The van der Waals surface area contributed by atoms with E-state index in [1.165, 1.54) is 11.1 Å². The highest BCUT2D eigenvalue weighted by Gasteiger charge is 2.45. The molecule has 1 unspecified atom stereocenters. The Kier molecular flexibility index (Phi) is 1.80. The van der Waals surface area contributed by atoms with E-state index in [0.717, 1.165) is 19.3 Å². The summed E-state index contributed by atoms with van der Waals surface area (Å²) in [6.45, 7) is 0. The van der Waals surface area contributed by atoms with E-state index >= 15 is 0 Å². The molecule has 3 atom stereocenters. The van der Waals surface area contributed by atoms with Crippen molar-refractivity contribution in [2.75, 3.05) is 0 Å². The fourth-order valence-electron chi connectivity index (χ4n) is 3.39. The fourth-order valence-corrected chi connectivity index (χ4v) is 3.39. The molecule has 0 heterocycles. The molecule has 2 N–H and O–H groups in total. The van der Waals surface area contributed by atoms with Gasteiger partial charge in [-0.2, -0.15) is 0 Å². The molecule has 0 aromatic heterocycles. The molecular formula is C12H14O3. The standard InChI is InChI=1S/C12H14O3/c13-11-5-7-4-10(11)9-3-6(12(14)15)1-2-8(7)9/h1,7,10-11,13H,2-5H2,(H,14,15)/t7-,10?,11+/m1/s1. The molecule has 0 aromatic rings. The van der Waals surface area contributed by atoms with E-state index in [1.54, 1.807) is 0 Å². The predicted octanol–water partition coefficient (Wildman–Crippen LogP) is 1.49. The number of aliphatic hydroxyl groups excluding tert-OH is 1. The van der Waals surface area contributed by atoms with Crippen molar-refractivity contribution in [3.05, 3.63) is 22.8 Å². The molecule has 3 aliphatic carbocycles. The van der Waals surface area contributed by atoms with Crippen molar-refractivity contribution >= 4 is 5.97 Å². The van der Waals surface area contributed by atoms with Crippen molar-refractivity contribution in [2.24, 2.45) is 11.8 Å². The lowest BCUT2D eigenvalue weighted by Gasteiger charge is -2.26. The van der Waals surface area contributed by atoms with Crippen molar-refractivity contribution in [2.45, 2.75) is 31.8 Å². The summed E-state index contributed by atoms with van der Waals surface area (Å²) < 4.78 is 0. The maximum atomic E-state index is 10.9. The normalized spacial score (nSPS) is 37.9. The van der Waals surface area contributed by atoms with Crippen molar-refractivity contribution in [1.29, 1.82) is 0 Å². The van der Waals surface area contributed by atoms with Gasteiger partial charge in [0.2, 0.25) is 0 Å². The topological polar surface area (TPSA) is 57.5 Å². The quantitative estimate of drug-likeness (QED) is 0.639. The molecule has 3 rings (SSSR count). The molecule has 0 aromatic carbocycles. The number of hydrogen-bond donors (Lipinski definition) is 2. The maximum Gasteiger partial charge on any atom is 0.331 e. The number of fused-ring (bicyclic) bond motifs is 4. The minimum Gasteiger partial charge on any atom is -0.478 e. The molecule has 2 bridgehead atoms. The van der Waals surface area contributed by atoms with Gasteiger partial charge in [0.15, 0.2) is 0 Å². The molecule has 0 saturated heterocycles. The van der Waals surface area contributed by atoms with Gasteiger partial charge in [-0.3, -0.25) is 0 Å². The molecule has 3 nitrogen and oxygen atoms in total. The Bertz CT molecular complexity index is 392. The van der Waals surface area contributed by atoms with Crippen molar-refractivity contribution in [3.8, 4) is 0 Å². The summed E-state index contributed by atoms with van der Waals surface area (Å²) in [6.07, 6.45) is 4.91. The third-order valence-corrected chi connectivity index (χ3v) is 4.11. The Morgan fingerprint density at radius 1 is 1.33 bits per heavy atom. The number of allylic oxidation sites excluding steroid dienone is 2. The minimum atomic E-state index is -0.807. The fraction of sp³-hybridized carbons (Fsp3) is 0.583. The minimum absolute atomic E-state index is 0.220.